The molecule has 0 radical (unpaired) electrons. The van der Waals surface area contributed by atoms with E-state index in [0.717, 1.165) is 0 Å². The summed E-state index contributed by atoms with van der Waals surface area (Å²) in [5, 5.41) is 21.1. The van der Waals surface area contributed by atoms with Crippen LogP contribution in [0, 0.1) is 0 Å². The highest BCUT2D eigenvalue weighted by Crippen LogP contribution is 2.21. The highest BCUT2D eigenvalue weighted by molar-refractivity contribution is 6.33. The highest BCUT2D eigenvalue weighted by atomic mass is 35.5. The van der Waals surface area contributed by atoms with Crippen molar-refractivity contribution in [3.63, 3.8) is 0 Å². The molecule has 1 aromatic rings. The fourth-order valence-electron chi connectivity index (χ4n) is 1.23. The first-order valence-electron chi connectivity index (χ1n) is 4.98. The average Bonchev–Trinajstić information content (AvgIpc) is 2.28. The number of phenols is 1. The molecule has 1 rings (SSSR count). The second-order valence-corrected chi connectivity index (χ2v) is 3.83. The Morgan fingerprint density at radius 2 is 2.25 bits per heavy atom. The Morgan fingerprint density at radius 3 is 2.81 bits per heavy atom. The van der Waals surface area contributed by atoms with Gasteiger partial charge in [0.1, 0.15) is 5.75 Å². The standard InChI is InChI=1S/C11H14ClNO3/c1-2-7(6-14)13-11(16)9-5-8(15)3-4-10(9)12/h3-5,7,14-15H,2,6H2,1H3,(H,13,16). The van der Waals surface area contributed by atoms with Crippen molar-refractivity contribution in [1.29, 1.82) is 0 Å². The lowest BCUT2D eigenvalue weighted by Gasteiger charge is -2.14. The fourth-order valence-corrected chi connectivity index (χ4v) is 1.43. The van der Waals surface area contributed by atoms with Crippen LogP contribution < -0.4 is 5.32 Å². The minimum atomic E-state index is -0.401. The summed E-state index contributed by atoms with van der Waals surface area (Å²) >= 11 is 5.83. The largest absolute Gasteiger partial charge is 0.508 e. The summed E-state index contributed by atoms with van der Waals surface area (Å²) in [5.74, 6) is -0.423. The van der Waals surface area contributed by atoms with E-state index >= 15 is 0 Å². The maximum Gasteiger partial charge on any atom is 0.253 e. The number of benzene rings is 1. The van der Waals surface area contributed by atoms with Crippen LogP contribution in [0.15, 0.2) is 18.2 Å². The van der Waals surface area contributed by atoms with Crippen molar-refractivity contribution >= 4 is 17.5 Å². The Kier molecular flexibility index (Phi) is 4.58. The predicted molar refractivity (Wildman–Crippen MR) is 61.7 cm³/mol. The smallest absolute Gasteiger partial charge is 0.253 e. The lowest BCUT2D eigenvalue weighted by Crippen LogP contribution is -2.37. The zero-order chi connectivity index (χ0) is 12.1. The third-order valence-electron chi connectivity index (χ3n) is 2.24. The van der Waals surface area contributed by atoms with Crippen molar-refractivity contribution in [3.8, 4) is 5.75 Å². The van der Waals surface area contributed by atoms with E-state index in [1.807, 2.05) is 6.92 Å². The van der Waals surface area contributed by atoms with Gasteiger partial charge in [0.25, 0.3) is 5.91 Å². The summed E-state index contributed by atoms with van der Waals surface area (Å²) in [7, 11) is 0. The SMILES string of the molecule is CCC(CO)NC(=O)c1cc(O)ccc1Cl. The van der Waals surface area contributed by atoms with Crippen LogP contribution in [0.4, 0.5) is 0 Å². The lowest BCUT2D eigenvalue weighted by atomic mass is 10.1. The molecule has 88 valence electrons. The molecule has 0 aliphatic heterocycles. The number of nitrogens with one attached hydrogen (secondary N) is 1. The van der Waals surface area contributed by atoms with Crippen molar-refractivity contribution in [2.45, 2.75) is 19.4 Å². The minimum absolute atomic E-state index is 0.0217. The molecule has 0 fully saturated rings. The molecule has 1 atom stereocenters. The Labute approximate surface area is 98.9 Å². The van der Waals surface area contributed by atoms with Gasteiger partial charge in [0.2, 0.25) is 0 Å². The van der Waals surface area contributed by atoms with Gasteiger partial charge in [-0.25, -0.2) is 0 Å². The Morgan fingerprint density at radius 1 is 1.56 bits per heavy atom. The van der Waals surface area contributed by atoms with Gasteiger partial charge < -0.3 is 15.5 Å². The molecule has 0 saturated heterocycles. The van der Waals surface area contributed by atoms with Gasteiger partial charge in [-0.15, -0.1) is 0 Å². The molecular formula is C11H14ClNO3. The fraction of sp³-hybridized carbons (Fsp3) is 0.364. The van der Waals surface area contributed by atoms with Gasteiger partial charge in [0.05, 0.1) is 23.2 Å². The Balaban J connectivity index is 2.83. The van der Waals surface area contributed by atoms with Gasteiger partial charge >= 0.3 is 0 Å². The molecule has 1 unspecified atom stereocenters. The third kappa shape index (κ3) is 3.12. The normalized spacial score (nSPS) is 12.2. The number of aliphatic hydroxyl groups is 1. The molecule has 0 aliphatic rings. The van der Waals surface area contributed by atoms with E-state index in [0.29, 0.717) is 6.42 Å². The number of rotatable bonds is 4. The van der Waals surface area contributed by atoms with Crippen LogP contribution in [0.3, 0.4) is 0 Å². The number of aliphatic hydroxyl groups excluding tert-OH is 1. The van der Waals surface area contributed by atoms with E-state index in [9.17, 15) is 9.90 Å². The molecule has 1 aromatic carbocycles. The average molecular weight is 244 g/mol. The van der Waals surface area contributed by atoms with Crippen LogP contribution >= 0.6 is 11.6 Å². The zero-order valence-electron chi connectivity index (χ0n) is 8.90. The molecule has 0 spiro atoms. The van der Waals surface area contributed by atoms with E-state index in [4.69, 9.17) is 16.7 Å². The Bertz CT molecular complexity index is 377. The topological polar surface area (TPSA) is 69.6 Å². The van der Waals surface area contributed by atoms with Crippen molar-refractivity contribution in [2.24, 2.45) is 0 Å². The third-order valence-corrected chi connectivity index (χ3v) is 2.57. The van der Waals surface area contributed by atoms with Gasteiger partial charge in [0.15, 0.2) is 0 Å². The van der Waals surface area contributed by atoms with Crippen LogP contribution in [0.25, 0.3) is 0 Å². The van der Waals surface area contributed by atoms with Crippen LogP contribution in [0.2, 0.25) is 5.02 Å². The first-order valence-corrected chi connectivity index (χ1v) is 5.36. The number of halogens is 1. The molecule has 0 heterocycles. The molecule has 3 N–H and O–H groups in total. The molecule has 0 saturated carbocycles. The number of amides is 1. The van der Waals surface area contributed by atoms with Gasteiger partial charge in [0, 0.05) is 0 Å². The summed E-state index contributed by atoms with van der Waals surface area (Å²) in [4.78, 5) is 11.7. The van der Waals surface area contributed by atoms with E-state index in [1.54, 1.807) is 0 Å². The van der Waals surface area contributed by atoms with Crippen molar-refractivity contribution < 1.29 is 15.0 Å². The van der Waals surface area contributed by atoms with Crippen LogP contribution in [-0.4, -0.2) is 28.8 Å². The molecule has 16 heavy (non-hydrogen) atoms. The van der Waals surface area contributed by atoms with Crippen LogP contribution in [0.1, 0.15) is 23.7 Å². The predicted octanol–water partition coefficient (Wildman–Crippen LogP) is 1.55. The van der Waals surface area contributed by atoms with Crippen LogP contribution in [0.5, 0.6) is 5.75 Å². The van der Waals surface area contributed by atoms with Crippen molar-refractivity contribution in [1.82, 2.24) is 5.32 Å². The quantitative estimate of drug-likeness (QED) is 0.752. The molecule has 1 amide bonds. The van der Waals surface area contributed by atoms with E-state index in [1.165, 1.54) is 18.2 Å². The molecular weight excluding hydrogens is 230 g/mol. The number of hydrogen-bond acceptors (Lipinski definition) is 3. The second-order valence-electron chi connectivity index (χ2n) is 3.43. The van der Waals surface area contributed by atoms with Crippen LogP contribution in [-0.2, 0) is 0 Å². The molecule has 0 aromatic heterocycles. The summed E-state index contributed by atoms with van der Waals surface area (Å²) in [6.45, 7) is 1.73. The highest BCUT2D eigenvalue weighted by Gasteiger charge is 2.14. The number of carbonyl (C=O) groups excluding carboxylic acids is 1. The lowest BCUT2D eigenvalue weighted by molar-refractivity contribution is 0.0914. The summed E-state index contributed by atoms with van der Waals surface area (Å²) in [6.07, 6.45) is 0.624. The van der Waals surface area contributed by atoms with Gasteiger partial charge in [-0.2, -0.15) is 0 Å². The number of phenolic OH excluding ortho intramolecular Hbond substituents is 1. The second kappa shape index (κ2) is 5.72. The molecule has 5 heteroatoms. The number of aromatic hydroxyl groups is 1. The summed E-state index contributed by atoms with van der Waals surface area (Å²) in [5.41, 5.74) is 0.202. The zero-order valence-corrected chi connectivity index (χ0v) is 9.66. The molecule has 0 bridgehead atoms. The monoisotopic (exact) mass is 243 g/mol. The number of carbonyl (C=O) groups is 1. The molecule has 0 aliphatic carbocycles. The molecule has 4 nitrogen and oxygen atoms in total. The minimum Gasteiger partial charge on any atom is -0.508 e. The van der Waals surface area contributed by atoms with Gasteiger partial charge in [-0.3, -0.25) is 4.79 Å². The first kappa shape index (κ1) is 12.8. The van der Waals surface area contributed by atoms with E-state index in [2.05, 4.69) is 5.32 Å². The van der Waals surface area contributed by atoms with Crippen molar-refractivity contribution in [3.05, 3.63) is 28.8 Å². The van der Waals surface area contributed by atoms with Gasteiger partial charge in [-0.05, 0) is 24.6 Å². The maximum absolute atomic E-state index is 11.7. The van der Waals surface area contributed by atoms with E-state index < -0.39 is 5.91 Å². The van der Waals surface area contributed by atoms with E-state index in [-0.39, 0.29) is 29.0 Å². The summed E-state index contributed by atoms with van der Waals surface area (Å²) < 4.78 is 0. The van der Waals surface area contributed by atoms with Crippen molar-refractivity contribution in [2.75, 3.05) is 6.61 Å². The Hall–Kier alpha value is -1.26. The van der Waals surface area contributed by atoms with Gasteiger partial charge in [-0.1, -0.05) is 18.5 Å². The summed E-state index contributed by atoms with van der Waals surface area (Å²) in [6, 6.07) is 3.85. The number of hydrogen-bond donors (Lipinski definition) is 3. The first-order chi connectivity index (χ1) is 7.58. The maximum atomic E-state index is 11.7.